The Morgan fingerprint density at radius 3 is 2.40 bits per heavy atom. The molecule has 1 atom stereocenters. The number of carbonyl (C=O) groups is 1. The van der Waals surface area contributed by atoms with Crippen LogP contribution >= 0.6 is 0 Å². The molecule has 1 spiro atoms. The molecule has 6 nitrogen and oxygen atoms in total. The van der Waals surface area contributed by atoms with Crippen LogP contribution in [0, 0.1) is 5.82 Å². The molecule has 0 aliphatic carbocycles. The number of hydrogen-bond donors (Lipinski definition) is 2. The minimum atomic E-state index is -0.248. The third kappa shape index (κ3) is 7.71. The van der Waals surface area contributed by atoms with Crippen LogP contribution in [-0.2, 0) is 19.6 Å². The fourth-order valence-electron chi connectivity index (χ4n) is 7.23. The zero-order valence-electron chi connectivity index (χ0n) is 25.7. The van der Waals surface area contributed by atoms with Gasteiger partial charge in [-0.3, -0.25) is 14.6 Å². The quantitative estimate of drug-likeness (QED) is 0.365. The SMILES string of the molecule is C[C@H]1CN(Cc2cccc(-c3cc(CNC(=O)c4cccc(CN5CC[N+]6(CCCCC6)CC5)c4)ccc3F)c2)CCN1. The summed E-state index contributed by atoms with van der Waals surface area (Å²) < 4.78 is 16.3. The van der Waals surface area contributed by atoms with E-state index in [2.05, 4.69) is 45.6 Å². The van der Waals surface area contributed by atoms with Gasteiger partial charge in [0.15, 0.2) is 0 Å². The Morgan fingerprint density at radius 2 is 1.60 bits per heavy atom. The Labute approximate surface area is 256 Å². The molecule has 3 fully saturated rings. The molecule has 3 aliphatic rings. The van der Waals surface area contributed by atoms with Gasteiger partial charge in [-0.1, -0.05) is 36.4 Å². The van der Waals surface area contributed by atoms with E-state index in [0.717, 1.165) is 56.9 Å². The number of rotatable bonds is 8. The van der Waals surface area contributed by atoms with Gasteiger partial charge in [0.25, 0.3) is 5.91 Å². The lowest BCUT2D eigenvalue weighted by Crippen LogP contribution is -2.61. The van der Waals surface area contributed by atoms with Crippen LogP contribution in [0.25, 0.3) is 11.1 Å². The van der Waals surface area contributed by atoms with Crippen molar-refractivity contribution in [1.82, 2.24) is 20.4 Å². The summed E-state index contributed by atoms with van der Waals surface area (Å²) in [6.45, 7) is 14.8. The Balaban J connectivity index is 1.05. The highest BCUT2D eigenvalue weighted by molar-refractivity contribution is 5.94. The highest BCUT2D eigenvalue weighted by atomic mass is 19.1. The van der Waals surface area contributed by atoms with E-state index >= 15 is 0 Å². The normalized spacial score (nSPS) is 21.1. The third-order valence-corrected chi connectivity index (χ3v) is 9.72. The molecule has 2 N–H and O–H groups in total. The molecule has 0 radical (unpaired) electrons. The predicted molar refractivity (Wildman–Crippen MR) is 171 cm³/mol. The van der Waals surface area contributed by atoms with Crippen LogP contribution in [0.15, 0.2) is 66.7 Å². The van der Waals surface area contributed by atoms with Crippen LogP contribution in [0.5, 0.6) is 0 Å². The van der Waals surface area contributed by atoms with E-state index in [1.54, 1.807) is 6.07 Å². The Morgan fingerprint density at radius 1 is 0.860 bits per heavy atom. The fourth-order valence-corrected chi connectivity index (χ4v) is 7.23. The first-order valence-electron chi connectivity index (χ1n) is 16.2. The largest absolute Gasteiger partial charge is 0.348 e. The number of hydrogen-bond acceptors (Lipinski definition) is 4. The first-order chi connectivity index (χ1) is 20.9. The fraction of sp³-hybridized carbons (Fsp3) is 0.472. The Bertz CT molecular complexity index is 1390. The van der Waals surface area contributed by atoms with Gasteiger partial charge in [0.1, 0.15) is 5.82 Å². The lowest BCUT2D eigenvalue weighted by molar-refractivity contribution is -0.936. The minimum Gasteiger partial charge on any atom is -0.348 e. The molecule has 3 aliphatic heterocycles. The number of piperidine rings is 1. The van der Waals surface area contributed by atoms with Crippen molar-refractivity contribution in [3.05, 3.63) is 94.8 Å². The average molecular weight is 585 g/mol. The standard InChI is InChI=1S/C36H46FN5O/c1-28-25-41(14-13-38-28)27-30-7-5-9-32(21-30)34-23-29(11-12-35(34)37)24-39-36(43)33-10-6-8-31(22-33)26-40-15-19-42(20-16-40)17-3-2-4-18-42/h5-12,21-23,28,38H,2-4,13-20,24-27H2,1H3/p+1/t28-/m0/s1. The van der Waals surface area contributed by atoms with Crippen molar-refractivity contribution in [1.29, 1.82) is 0 Å². The van der Waals surface area contributed by atoms with Crippen LogP contribution in [0.1, 0.15) is 53.2 Å². The first kappa shape index (κ1) is 29.9. The summed E-state index contributed by atoms with van der Waals surface area (Å²) in [6.07, 6.45) is 4.14. The second-order valence-electron chi connectivity index (χ2n) is 13.1. The van der Waals surface area contributed by atoms with Crippen molar-refractivity contribution in [2.75, 3.05) is 58.9 Å². The Kier molecular flexibility index (Phi) is 9.53. The van der Waals surface area contributed by atoms with Crippen LogP contribution in [0.4, 0.5) is 4.39 Å². The van der Waals surface area contributed by atoms with E-state index in [-0.39, 0.29) is 11.7 Å². The molecule has 3 aromatic carbocycles. The maximum atomic E-state index is 15.0. The van der Waals surface area contributed by atoms with Crippen molar-refractivity contribution < 1.29 is 13.7 Å². The molecule has 3 saturated heterocycles. The molecular formula is C36H47FN5O+. The molecule has 0 bridgehead atoms. The van der Waals surface area contributed by atoms with Crippen LogP contribution in [-0.4, -0.2) is 85.1 Å². The second kappa shape index (κ2) is 13.7. The molecule has 0 aromatic heterocycles. The topological polar surface area (TPSA) is 47.6 Å². The number of benzene rings is 3. The highest BCUT2D eigenvalue weighted by Crippen LogP contribution is 2.26. The van der Waals surface area contributed by atoms with Gasteiger partial charge in [-0.05, 0) is 78.8 Å². The minimum absolute atomic E-state index is 0.101. The van der Waals surface area contributed by atoms with Gasteiger partial charge in [-0.25, -0.2) is 4.39 Å². The van der Waals surface area contributed by atoms with E-state index in [1.807, 2.05) is 36.4 Å². The van der Waals surface area contributed by atoms with Crippen molar-refractivity contribution in [2.24, 2.45) is 0 Å². The van der Waals surface area contributed by atoms with Crippen molar-refractivity contribution in [3.8, 4) is 11.1 Å². The molecule has 43 heavy (non-hydrogen) atoms. The number of nitrogens with zero attached hydrogens (tertiary/aromatic N) is 3. The maximum Gasteiger partial charge on any atom is 0.251 e. The Hall–Kier alpha value is -3.10. The highest BCUT2D eigenvalue weighted by Gasteiger charge is 2.34. The van der Waals surface area contributed by atoms with Gasteiger partial charge in [-0.15, -0.1) is 0 Å². The van der Waals surface area contributed by atoms with E-state index in [4.69, 9.17) is 0 Å². The lowest BCUT2D eigenvalue weighted by Gasteiger charge is -2.47. The van der Waals surface area contributed by atoms with E-state index < -0.39 is 0 Å². The lowest BCUT2D eigenvalue weighted by atomic mass is 10.00. The summed E-state index contributed by atoms with van der Waals surface area (Å²) in [4.78, 5) is 18.1. The first-order valence-corrected chi connectivity index (χ1v) is 16.2. The smallest absolute Gasteiger partial charge is 0.251 e. The van der Waals surface area contributed by atoms with Crippen LogP contribution in [0.2, 0.25) is 0 Å². The summed E-state index contributed by atoms with van der Waals surface area (Å²) in [5.74, 6) is -0.349. The number of amides is 1. The summed E-state index contributed by atoms with van der Waals surface area (Å²) in [5.41, 5.74) is 5.35. The predicted octanol–water partition coefficient (Wildman–Crippen LogP) is 5.03. The number of halogens is 1. The molecule has 1 amide bonds. The maximum absolute atomic E-state index is 15.0. The number of piperazine rings is 2. The van der Waals surface area contributed by atoms with Gasteiger partial charge >= 0.3 is 0 Å². The molecule has 7 heteroatoms. The summed E-state index contributed by atoms with van der Waals surface area (Å²) in [6, 6.07) is 21.8. The zero-order chi connectivity index (χ0) is 29.6. The van der Waals surface area contributed by atoms with Crippen molar-refractivity contribution in [2.45, 2.75) is 51.9 Å². The number of carbonyl (C=O) groups excluding carboxylic acids is 1. The van der Waals surface area contributed by atoms with Gasteiger partial charge in [0.05, 0.1) is 26.2 Å². The van der Waals surface area contributed by atoms with Gasteiger partial charge < -0.3 is 15.1 Å². The van der Waals surface area contributed by atoms with Gasteiger partial charge in [0.2, 0.25) is 0 Å². The van der Waals surface area contributed by atoms with Gasteiger partial charge in [-0.2, -0.15) is 0 Å². The molecule has 6 rings (SSSR count). The number of quaternary nitrogens is 1. The zero-order valence-corrected chi connectivity index (χ0v) is 25.7. The molecule has 3 heterocycles. The van der Waals surface area contributed by atoms with Crippen LogP contribution in [0.3, 0.4) is 0 Å². The van der Waals surface area contributed by atoms with E-state index in [1.165, 1.54) is 67.1 Å². The van der Waals surface area contributed by atoms with Gasteiger partial charge in [0, 0.05) is 69.5 Å². The average Bonchev–Trinajstić information content (AvgIpc) is 3.02. The summed E-state index contributed by atoms with van der Waals surface area (Å²) >= 11 is 0. The monoisotopic (exact) mass is 584 g/mol. The summed E-state index contributed by atoms with van der Waals surface area (Å²) in [5, 5.41) is 6.55. The van der Waals surface area contributed by atoms with Crippen molar-refractivity contribution in [3.63, 3.8) is 0 Å². The third-order valence-electron chi connectivity index (χ3n) is 9.72. The molecule has 3 aromatic rings. The molecule has 0 saturated carbocycles. The van der Waals surface area contributed by atoms with E-state index in [0.29, 0.717) is 23.7 Å². The second-order valence-corrected chi connectivity index (χ2v) is 13.1. The van der Waals surface area contributed by atoms with Crippen molar-refractivity contribution >= 4 is 5.91 Å². The molecular weight excluding hydrogens is 537 g/mol. The van der Waals surface area contributed by atoms with E-state index in [9.17, 15) is 9.18 Å². The number of nitrogens with one attached hydrogen (secondary N) is 2. The van der Waals surface area contributed by atoms with Crippen LogP contribution < -0.4 is 10.6 Å². The molecule has 0 unspecified atom stereocenters. The summed E-state index contributed by atoms with van der Waals surface area (Å²) in [7, 11) is 0. The molecule has 228 valence electrons.